The van der Waals surface area contributed by atoms with E-state index in [0.29, 0.717) is 6.04 Å². The molecule has 0 radical (unpaired) electrons. The van der Waals surface area contributed by atoms with Crippen LogP contribution < -0.4 is 5.32 Å². The van der Waals surface area contributed by atoms with Crippen molar-refractivity contribution >= 4 is 0 Å². The number of aliphatic hydroxyl groups excluding tert-OH is 1. The molecule has 2 N–H and O–H groups in total. The van der Waals surface area contributed by atoms with Gasteiger partial charge in [-0.2, -0.15) is 0 Å². The van der Waals surface area contributed by atoms with Gasteiger partial charge in [0.2, 0.25) is 0 Å². The monoisotopic (exact) mass is 187 g/mol. The van der Waals surface area contributed by atoms with Crippen LogP contribution in [0.2, 0.25) is 0 Å². The van der Waals surface area contributed by atoms with E-state index >= 15 is 0 Å². The van der Waals surface area contributed by atoms with E-state index in [1.165, 1.54) is 12.8 Å². The van der Waals surface area contributed by atoms with Crippen molar-refractivity contribution in [3.63, 3.8) is 0 Å². The minimum atomic E-state index is 0.226. The fraction of sp³-hybridized carbons (Fsp3) is 1.00. The summed E-state index contributed by atoms with van der Waals surface area (Å²) in [6, 6.07) is 0.683. The zero-order valence-corrected chi connectivity index (χ0v) is 8.62. The molecule has 1 rings (SSSR count). The van der Waals surface area contributed by atoms with Crippen molar-refractivity contribution in [2.45, 2.75) is 38.3 Å². The molecule has 0 aromatic carbocycles. The number of hydrogen-bond donors (Lipinski definition) is 2. The zero-order valence-electron chi connectivity index (χ0n) is 8.62. The van der Waals surface area contributed by atoms with Crippen molar-refractivity contribution in [2.24, 2.45) is 5.92 Å². The first-order valence-electron chi connectivity index (χ1n) is 5.17. The Kier molecular flexibility index (Phi) is 4.70. The molecule has 0 bridgehead atoms. The summed E-state index contributed by atoms with van der Waals surface area (Å²) in [5.41, 5.74) is 0. The Balaban J connectivity index is 2.27. The van der Waals surface area contributed by atoms with Crippen LogP contribution in [0.15, 0.2) is 0 Å². The fourth-order valence-electron chi connectivity index (χ4n) is 1.60. The van der Waals surface area contributed by atoms with Crippen molar-refractivity contribution in [3.8, 4) is 0 Å². The molecule has 13 heavy (non-hydrogen) atoms. The Hall–Kier alpha value is -0.120. The van der Waals surface area contributed by atoms with Gasteiger partial charge in [-0.25, -0.2) is 0 Å². The van der Waals surface area contributed by atoms with E-state index in [2.05, 4.69) is 12.2 Å². The molecule has 3 nitrogen and oxygen atoms in total. The number of methoxy groups -OCH3 is 1. The number of aliphatic hydroxyl groups is 1. The van der Waals surface area contributed by atoms with Gasteiger partial charge in [0.25, 0.3) is 0 Å². The van der Waals surface area contributed by atoms with Crippen LogP contribution in [0.1, 0.15) is 26.2 Å². The lowest BCUT2D eigenvalue weighted by Crippen LogP contribution is -2.43. The molecule has 0 amide bonds. The molecule has 0 heterocycles. The van der Waals surface area contributed by atoms with Gasteiger partial charge in [0.15, 0.2) is 0 Å². The van der Waals surface area contributed by atoms with Gasteiger partial charge in [0, 0.05) is 19.2 Å². The van der Waals surface area contributed by atoms with Gasteiger partial charge >= 0.3 is 0 Å². The third-order valence-electron chi connectivity index (χ3n) is 2.70. The second kappa shape index (κ2) is 5.58. The highest BCUT2D eigenvalue weighted by molar-refractivity contribution is 4.88. The Bertz CT molecular complexity index is 133. The van der Waals surface area contributed by atoms with E-state index in [0.717, 1.165) is 18.9 Å². The second-order valence-electron chi connectivity index (χ2n) is 3.85. The van der Waals surface area contributed by atoms with Gasteiger partial charge in [-0.1, -0.05) is 6.92 Å². The number of rotatable bonds is 7. The van der Waals surface area contributed by atoms with Crippen LogP contribution in [-0.2, 0) is 4.74 Å². The van der Waals surface area contributed by atoms with E-state index < -0.39 is 0 Å². The Morgan fingerprint density at radius 2 is 2.23 bits per heavy atom. The standard InChI is InChI=1S/C10H21NO2/c1-3-9(6-12)11-10(7-13-2)8-4-5-8/h8-12H,3-7H2,1-2H3/t9-,10?/m1/s1. The first-order valence-corrected chi connectivity index (χ1v) is 5.17. The SMILES string of the molecule is CC[C@H](CO)NC(COC)C1CC1. The van der Waals surface area contributed by atoms with E-state index in [9.17, 15) is 0 Å². The molecule has 0 spiro atoms. The summed E-state index contributed by atoms with van der Waals surface area (Å²) in [6.45, 7) is 3.08. The van der Waals surface area contributed by atoms with Gasteiger partial charge < -0.3 is 15.2 Å². The van der Waals surface area contributed by atoms with Crippen LogP contribution in [0.25, 0.3) is 0 Å². The largest absolute Gasteiger partial charge is 0.395 e. The average Bonchev–Trinajstić information content (AvgIpc) is 2.95. The van der Waals surface area contributed by atoms with E-state index in [4.69, 9.17) is 9.84 Å². The number of nitrogens with one attached hydrogen (secondary N) is 1. The van der Waals surface area contributed by atoms with Gasteiger partial charge in [0.05, 0.1) is 13.2 Å². The molecule has 1 aliphatic carbocycles. The first-order chi connectivity index (χ1) is 6.31. The molecule has 3 heteroatoms. The van der Waals surface area contributed by atoms with Crippen LogP contribution in [0.4, 0.5) is 0 Å². The second-order valence-corrected chi connectivity index (χ2v) is 3.85. The van der Waals surface area contributed by atoms with Gasteiger partial charge in [-0.3, -0.25) is 0 Å². The minimum Gasteiger partial charge on any atom is -0.395 e. The third-order valence-corrected chi connectivity index (χ3v) is 2.70. The summed E-state index contributed by atoms with van der Waals surface area (Å²) in [5.74, 6) is 0.778. The van der Waals surface area contributed by atoms with E-state index in [1.54, 1.807) is 7.11 Å². The summed E-state index contributed by atoms with van der Waals surface area (Å²) in [6.07, 6.45) is 3.59. The summed E-state index contributed by atoms with van der Waals surface area (Å²) >= 11 is 0. The van der Waals surface area contributed by atoms with Gasteiger partial charge in [0.1, 0.15) is 0 Å². The summed E-state index contributed by atoms with van der Waals surface area (Å²) in [5, 5.41) is 12.5. The summed E-state index contributed by atoms with van der Waals surface area (Å²) < 4.78 is 5.15. The average molecular weight is 187 g/mol. The van der Waals surface area contributed by atoms with Crippen LogP contribution in [0.5, 0.6) is 0 Å². The first kappa shape index (κ1) is 11.0. The highest BCUT2D eigenvalue weighted by atomic mass is 16.5. The maximum absolute atomic E-state index is 9.04. The maximum Gasteiger partial charge on any atom is 0.0618 e. The molecule has 0 aromatic heterocycles. The molecule has 0 aromatic rings. The van der Waals surface area contributed by atoms with Crippen molar-refractivity contribution in [2.75, 3.05) is 20.3 Å². The van der Waals surface area contributed by atoms with Crippen LogP contribution >= 0.6 is 0 Å². The topological polar surface area (TPSA) is 41.5 Å². The maximum atomic E-state index is 9.04. The zero-order chi connectivity index (χ0) is 9.68. The predicted octanol–water partition coefficient (Wildman–Crippen LogP) is 0.772. The smallest absolute Gasteiger partial charge is 0.0618 e. The Morgan fingerprint density at radius 1 is 1.54 bits per heavy atom. The molecule has 0 saturated heterocycles. The summed E-state index contributed by atoms with van der Waals surface area (Å²) in [4.78, 5) is 0. The highest BCUT2D eigenvalue weighted by Crippen LogP contribution is 2.32. The van der Waals surface area contributed by atoms with Crippen molar-refractivity contribution in [3.05, 3.63) is 0 Å². The van der Waals surface area contributed by atoms with Crippen LogP contribution in [0, 0.1) is 5.92 Å². The summed E-state index contributed by atoms with van der Waals surface area (Å²) in [7, 11) is 1.73. The van der Waals surface area contributed by atoms with Gasteiger partial charge in [-0.05, 0) is 25.2 Å². The molecular formula is C10H21NO2. The van der Waals surface area contributed by atoms with Crippen molar-refractivity contribution < 1.29 is 9.84 Å². The number of ether oxygens (including phenoxy) is 1. The Labute approximate surface area is 80.5 Å². The van der Waals surface area contributed by atoms with Crippen molar-refractivity contribution in [1.82, 2.24) is 5.32 Å². The Morgan fingerprint density at radius 3 is 2.62 bits per heavy atom. The quantitative estimate of drug-likeness (QED) is 0.618. The third kappa shape index (κ3) is 3.63. The molecule has 1 saturated carbocycles. The predicted molar refractivity (Wildman–Crippen MR) is 52.7 cm³/mol. The minimum absolute atomic E-state index is 0.226. The van der Waals surface area contributed by atoms with Crippen LogP contribution in [0.3, 0.4) is 0 Å². The van der Waals surface area contributed by atoms with E-state index in [1.807, 2.05) is 0 Å². The highest BCUT2D eigenvalue weighted by Gasteiger charge is 2.31. The van der Waals surface area contributed by atoms with E-state index in [-0.39, 0.29) is 12.6 Å². The molecule has 1 unspecified atom stereocenters. The van der Waals surface area contributed by atoms with Gasteiger partial charge in [-0.15, -0.1) is 0 Å². The number of hydrogen-bond acceptors (Lipinski definition) is 3. The molecule has 2 atom stereocenters. The van der Waals surface area contributed by atoms with Crippen LogP contribution in [-0.4, -0.2) is 37.5 Å². The lowest BCUT2D eigenvalue weighted by atomic mass is 10.1. The molecule has 0 aliphatic heterocycles. The molecular weight excluding hydrogens is 166 g/mol. The lowest BCUT2D eigenvalue weighted by molar-refractivity contribution is 0.138. The molecule has 1 fully saturated rings. The molecule has 1 aliphatic rings. The fourth-order valence-corrected chi connectivity index (χ4v) is 1.60. The normalized spacial score (nSPS) is 21.5. The van der Waals surface area contributed by atoms with Crippen molar-refractivity contribution in [1.29, 1.82) is 0 Å². The lowest BCUT2D eigenvalue weighted by Gasteiger charge is -2.22. The molecule has 78 valence electrons.